The predicted molar refractivity (Wildman–Crippen MR) is 119 cm³/mol. The van der Waals surface area contributed by atoms with Crippen LogP contribution in [0.15, 0.2) is 59.7 Å². The number of carbonyl (C=O) groups is 1. The first kappa shape index (κ1) is 21.3. The van der Waals surface area contributed by atoms with Crippen molar-refractivity contribution in [2.45, 2.75) is 26.0 Å². The van der Waals surface area contributed by atoms with Crippen molar-refractivity contribution in [3.8, 4) is 28.4 Å². The second-order valence-corrected chi connectivity index (χ2v) is 7.67. The predicted octanol–water partition coefficient (Wildman–Crippen LogP) is 4.27. The van der Waals surface area contributed by atoms with Gasteiger partial charge in [0.25, 0.3) is 0 Å². The van der Waals surface area contributed by atoms with Gasteiger partial charge in [-0.1, -0.05) is 6.07 Å². The fraction of sp³-hybridized carbons (Fsp3) is 0.208. The summed E-state index contributed by atoms with van der Waals surface area (Å²) in [4.78, 5) is 20.7. The molecule has 7 nitrogen and oxygen atoms in total. The number of carbonyl (C=O) groups excluding carboxylic acids is 1. The largest absolute Gasteiger partial charge is 0.491 e. The number of aliphatic imine (C=N–C) groups is 1. The zero-order valence-electron chi connectivity index (χ0n) is 17.9. The maximum Gasteiger partial charge on any atom is 0.220 e. The summed E-state index contributed by atoms with van der Waals surface area (Å²) in [5.41, 5.74) is 8.46. The highest BCUT2D eigenvalue weighted by Gasteiger charge is 2.29. The molecule has 1 unspecified atom stereocenters. The minimum atomic E-state index is -0.591. The third-order valence-electron chi connectivity index (χ3n) is 5.02. The van der Waals surface area contributed by atoms with E-state index in [1.165, 1.54) is 18.1 Å². The lowest BCUT2D eigenvalue weighted by Gasteiger charge is -2.28. The molecule has 4 rings (SSSR count). The van der Waals surface area contributed by atoms with Gasteiger partial charge >= 0.3 is 0 Å². The van der Waals surface area contributed by atoms with E-state index in [2.05, 4.69) is 9.98 Å². The van der Waals surface area contributed by atoms with Crippen LogP contribution in [0.3, 0.4) is 0 Å². The first-order valence-corrected chi connectivity index (χ1v) is 10.1. The van der Waals surface area contributed by atoms with E-state index in [9.17, 15) is 9.18 Å². The van der Waals surface area contributed by atoms with Gasteiger partial charge in [0, 0.05) is 29.9 Å². The lowest BCUT2D eigenvalue weighted by atomic mass is 9.92. The number of ether oxygens (including phenoxy) is 2. The van der Waals surface area contributed by atoms with Gasteiger partial charge < -0.3 is 15.2 Å². The number of pyridine rings is 1. The van der Waals surface area contributed by atoms with Gasteiger partial charge in [-0.3, -0.25) is 9.69 Å². The van der Waals surface area contributed by atoms with E-state index < -0.39 is 12.0 Å². The first-order chi connectivity index (χ1) is 15.4. The number of halogens is 1. The lowest BCUT2D eigenvalue weighted by molar-refractivity contribution is -0.114. The third-order valence-corrected chi connectivity index (χ3v) is 5.02. The van der Waals surface area contributed by atoms with Gasteiger partial charge in [0.05, 0.1) is 6.10 Å². The van der Waals surface area contributed by atoms with Crippen LogP contribution in [-0.4, -0.2) is 35.4 Å². The average Bonchev–Trinajstić information content (AvgIpc) is 2.78. The number of guanidine groups is 1. The van der Waals surface area contributed by atoms with Crippen molar-refractivity contribution in [3.63, 3.8) is 0 Å². The molecule has 0 aliphatic carbocycles. The standard InChI is InChI=1S/C24H23FN4O3/c1-14(2)31-16-7-9-21-19(12-16)22(28-24(26)29(3)13-30)18-11-15(6-8-20(18)32-21)17-5-4-10-27-23(17)25/h4-14,22H,1-3H3,(H2,26,28). The Morgan fingerprint density at radius 1 is 1.22 bits per heavy atom. The second-order valence-electron chi connectivity index (χ2n) is 7.67. The summed E-state index contributed by atoms with van der Waals surface area (Å²) in [5.74, 6) is 1.29. The number of nitrogens with two attached hydrogens (primary N) is 1. The van der Waals surface area contributed by atoms with Crippen molar-refractivity contribution in [1.82, 2.24) is 9.88 Å². The number of benzene rings is 2. The van der Waals surface area contributed by atoms with Gasteiger partial charge in [0.1, 0.15) is 23.3 Å². The van der Waals surface area contributed by atoms with Gasteiger partial charge in [-0.15, -0.1) is 0 Å². The number of hydrogen-bond acceptors (Lipinski definition) is 5. The van der Waals surface area contributed by atoms with Crippen molar-refractivity contribution in [1.29, 1.82) is 0 Å². The van der Waals surface area contributed by atoms with Crippen LogP contribution in [0.4, 0.5) is 4.39 Å². The summed E-state index contributed by atoms with van der Waals surface area (Å²) in [5, 5.41) is 0. The Morgan fingerprint density at radius 2 is 1.94 bits per heavy atom. The molecule has 2 heterocycles. The number of rotatable bonds is 5. The Labute approximate surface area is 185 Å². The number of aromatic nitrogens is 1. The van der Waals surface area contributed by atoms with Gasteiger partial charge in [0.15, 0.2) is 5.96 Å². The van der Waals surface area contributed by atoms with Crippen LogP contribution in [-0.2, 0) is 4.79 Å². The van der Waals surface area contributed by atoms with Gasteiger partial charge in [-0.2, -0.15) is 4.39 Å². The molecular formula is C24H23FN4O3. The SMILES string of the molecule is CC(C)Oc1ccc2c(c1)C(/N=C(/N)N(C)C=O)c1cc(-c3cccnc3F)ccc1O2. The zero-order valence-corrected chi connectivity index (χ0v) is 17.9. The van der Waals surface area contributed by atoms with E-state index in [4.69, 9.17) is 15.2 Å². The lowest BCUT2D eigenvalue weighted by Crippen LogP contribution is -2.33. The molecule has 0 saturated carbocycles. The molecule has 164 valence electrons. The summed E-state index contributed by atoms with van der Waals surface area (Å²) in [7, 11) is 1.52. The van der Waals surface area contributed by atoms with E-state index in [0.29, 0.717) is 40.3 Å². The third kappa shape index (κ3) is 4.12. The summed E-state index contributed by atoms with van der Waals surface area (Å²) in [6.07, 6.45) is 1.97. The molecular weight excluding hydrogens is 411 g/mol. The first-order valence-electron chi connectivity index (χ1n) is 10.1. The Hall–Kier alpha value is -3.94. The van der Waals surface area contributed by atoms with E-state index in [1.807, 2.05) is 32.0 Å². The molecule has 0 radical (unpaired) electrons. The summed E-state index contributed by atoms with van der Waals surface area (Å²) < 4.78 is 26.3. The smallest absolute Gasteiger partial charge is 0.220 e. The molecule has 0 spiro atoms. The van der Waals surface area contributed by atoms with Crippen molar-refractivity contribution < 1.29 is 18.7 Å². The topological polar surface area (TPSA) is 90.0 Å². The molecule has 8 heteroatoms. The molecule has 0 fully saturated rings. The van der Waals surface area contributed by atoms with Crippen molar-refractivity contribution >= 4 is 12.4 Å². The number of amides is 1. The van der Waals surface area contributed by atoms with E-state index in [0.717, 1.165) is 5.56 Å². The monoisotopic (exact) mass is 434 g/mol. The van der Waals surface area contributed by atoms with Crippen LogP contribution < -0.4 is 15.2 Å². The Balaban J connectivity index is 1.87. The van der Waals surface area contributed by atoms with Crippen LogP contribution in [0, 0.1) is 5.95 Å². The average molecular weight is 434 g/mol. The van der Waals surface area contributed by atoms with Crippen LogP contribution in [0.5, 0.6) is 17.2 Å². The molecule has 1 amide bonds. The minimum Gasteiger partial charge on any atom is -0.491 e. The fourth-order valence-electron chi connectivity index (χ4n) is 3.51. The molecule has 1 aliphatic rings. The normalized spacial score (nSPS) is 14.9. The Morgan fingerprint density at radius 3 is 2.62 bits per heavy atom. The number of nitrogens with zero attached hydrogens (tertiary/aromatic N) is 3. The highest BCUT2D eigenvalue weighted by molar-refractivity contribution is 5.87. The molecule has 2 N–H and O–H groups in total. The van der Waals surface area contributed by atoms with E-state index in [-0.39, 0.29) is 12.1 Å². The quantitative estimate of drug-likeness (QED) is 0.280. The molecule has 1 aromatic heterocycles. The molecule has 1 atom stereocenters. The Bertz CT molecular complexity index is 1200. The van der Waals surface area contributed by atoms with Gasteiger partial charge in [-0.05, 0) is 61.9 Å². The Kier molecular flexibility index (Phi) is 5.77. The fourth-order valence-corrected chi connectivity index (χ4v) is 3.51. The maximum atomic E-state index is 14.3. The van der Waals surface area contributed by atoms with Crippen LogP contribution in [0.2, 0.25) is 0 Å². The van der Waals surface area contributed by atoms with Crippen molar-refractivity contribution in [2.75, 3.05) is 7.05 Å². The molecule has 2 aromatic carbocycles. The summed E-state index contributed by atoms with van der Waals surface area (Å²) in [6.45, 7) is 3.87. The highest BCUT2D eigenvalue weighted by Crippen LogP contribution is 2.47. The molecule has 3 aromatic rings. The van der Waals surface area contributed by atoms with Crippen LogP contribution >= 0.6 is 0 Å². The van der Waals surface area contributed by atoms with E-state index >= 15 is 0 Å². The van der Waals surface area contributed by atoms with Gasteiger partial charge in [0.2, 0.25) is 12.4 Å². The van der Waals surface area contributed by atoms with Crippen molar-refractivity contribution in [2.24, 2.45) is 10.7 Å². The number of fused-ring (bicyclic) bond motifs is 2. The summed E-state index contributed by atoms with van der Waals surface area (Å²) >= 11 is 0. The summed E-state index contributed by atoms with van der Waals surface area (Å²) in [6, 6.07) is 13.6. The second kappa shape index (κ2) is 8.66. The van der Waals surface area contributed by atoms with E-state index in [1.54, 1.807) is 30.3 Å². The zero-order chi connectivity index (χ0) is 22.8. The highest BCUT2D eigenvalue weighted by atomic mass is 19.1. The maximum absolute atomic E-state index is 14.3. The van der Waals surface area contributed by atoms with Crippen molar-refractivity contribution in [3.05, 3.63) is 71.8 Å². The van der Waals surface area contributed by atoms with Gasteiger partial charge in [-0.25, -0.2) is 9.98 Å². The molecule has 1 aliphatic heterocycles. The van der Waals surface area contributed by atoms with Crippen LogP contribution in [0.1, 0.15) is 31.0 Å². The molecule has 0 bridgehead atoms. The molecule has 32 heavy (non-hydrogen) atoms. The number of hydrogen-bond donors (Lipinski definition) is 1. The minimum absolute atomic E-state index is 0.0155. The molecule has 0 saturated heterocycles. The van der Waals surface area contributed by atoms with Crippen LogP contribution in [0.25, 0.3) is 11.1 Å².